The number of hydrogen-bond donors (Lipinski definition) is 1. The maximum atomic E-state index is 11.1. The van der Waals surface area contributed by atoms with Crippen molar-refractivity contribution >= 4 is 11.7 Å². The highest BCUT2D eigenvalue weighted by Crippen LogP contribution is 2.24. The molecule has 1 amide bonds. The molecular weight excluding hydrogens is 304 g/mol. The molecule has 2 heterocycles. The Bertz CT molecular complexity index is 678. The van der Waals surface area contributed by atoms with Gasteiger partial charge in [-0.3, -0.25) is 9.78 Å². The number of benzene rings is 1. The van der Waals surface area contributed by atoms with E-state index in [0.29, 0.717) is 18.9 Å². The van der Waals surface area contributed by atoms with E-state index in [1.165, 1.54) is 0 Å². The summed E-state index contributed by atoms with van der Waals surface area (Å²) in [5.74, 6) is 1.34. The van der Waals surface area contributed by atoms with Gasteiger partial charge in [0.2, 0.25) is 11.8 Å². The highest BCUT2D eigenvalue weighted by molar-refractivity contribution is 5.74. The standard InChI is InChI=1S/C18H22N4O2/c19-16(23)9-15-7-4-8-22(12-15)17-10-20-11-18(21-17)24-13-14-5-2-1-3-6-14/h1-3,5-6,10-11,15H,4,7-9,12-13H2,(H2,19,23)/t15-/m1/s1. The van der Waals surface area contributed by atoms with Crippen molar-refractivity contribution in [2.24, 2.45) is 11.7 Å². The number of carbonyl (C=O) groups is 1. The highest BCUT2D eigenvalue weighted by Gasteiger charge is 2.22. The summed E-state index contributed by atoms with van der Waals surface area (Å²) < 4.78 is 5.74. The molecule has 3 rings (SSSR count). The number of nitrogens with two attached hydrogens (primary N) is 1. The van der Waals surface area contributed by atoms with Crippen LogP contribution in [0.2, 0.25) is 0 Å². The minimum Gasteiger partial charge on any atom is -0.472 e. The molecule has 1 fully saturated rings. The first kappa shape index (κ1) is 16.2. The van der Waals surface area contributed by atoms with E-state index in [0.717, 1.165) is 37.3 Å². The van der Waals surface area contributed by atoms with Crippen molar-refractivity contribution < 1.29 is 9.53 Å². The van der Waals surface area contributed by atoms with Gasteiger partial charge >= 0.3 is 0 Å². The Kier molecular flexibility index (Phi) is 5.25. The van der Waals surface area contributed by atoms with Gasteiger partial charge in [-0.1, -0.05) is 30.3 Å². The van der Waals surface area contributed by atoms with Crippen LogP contribution in [-0.4, -0.2) is 29.0 Å². The van der Waals surface area contributed by atoms with Crippen LogP contribution < -0.4 is 15.4 Å². The van der Waals surface area contributed by atoms with Crippen molar-refractivity contribution in [2.75, 3.05) is 18.0 Å². The van der Waals surface area contributed by atoms with Gasteiger partial charge in [-0.2, -0.15) is 4.98 Å². The van der Waals surface area contributed by atoms with Gasteiger partial charge in [-0.15, -0.1) is 0 Å². The number of hydrogen-bond acceptors (Lipinski definition) is 5. The summed E-state index contributed by atoms with van der Waals surface area (Å²) in [6, 6.07) is 9.95. The monoisotopic (exact) mass is 326 g/mol. The molecule has 2 N–H and O–H groups in total. The van der Waals surface area contributed by atoms with Gasteiger partial charge in [0.05, 0.1) is 12.4 Å². The lowest BCUT2D eigenvalue weighted by Gasteiger charge is -2.32. The molecular formula is C18H22N4O2. The van der Waals surface area contributed by atoms with Gasteiger partial charge in [-0.25, -0.2) is 0 Å². The van der Waals surface area contributed by atoms with Gasteiger partial charge in [0.25, 0.3) is 0 Å². The van der Waals surface area contributed by atoms with Crippen LogP contribution in [-0.2, 0) is 11.4 Å². The van der Waals surface area contributed by atoms with Crippen molar-refractivity contribution in [2.45, 2.75) is 25.9 Å². The van der Waals surface area contributed by atoms with Crippen molar-refractivity contribution in [3.05, 3.63) is 48.3 Å². The molecule has 0 bridgehead atoms. The first-order chi connectivity index (χ1) is 11.7. The highest BCUT2D eigenvalue weighted by atomic mass is 16.5. The summed E-state index contributed by atoms with van der Waals surface area (Å²) in [6.45, 7) is 2.15. The van der Waals surface area contributed by atoms with E-state index < -0.39 is 0 Å². The van der Waals surface area contributed by atoms with Crippen LogP contribution in [0.4, 0.5) is 5.82 Å². The predicted molar refractivity (Wildman–Crippen MR) is 91.6 cm³/mol. The molecule has 1 aliphatic rings. The number of nitrogens with zero attached hydrogens (tertiary/aromatic N) is 3. The average molecular weight is 326 g/mol. The van der Waals surface area contributed by atoms with Gasteiger partial charge in [0.1, 0.15) is 6.61 Å². The lowest BCUT2D eigenvalue weighted by molar-refractivity contribution is -0.118. The first-order valence-electron chi connectivity index (χ1n) is 8.23. The fourth-order valence-electron chi connectivity index (χ4n) is 3.02. The number of anilines is 1. The van der Waals surface area contributed by atoms with Crippen LogP contribution in [0.1, 0.15) is 24.8 Å². The molecule has 1 saturated heterocycles. The Hall–Kier alpha value is -2.63. The molecule has 24 heavy (non-hydrogen) atoms. The Morgan fingerprint density at radius 2 is 2.12 bits per heavy atom. The zero-order chi connectivity index (χ0) is 16.8. The fourth-order valence-corrected chi connectivity index (χ4v) is 3.02. The molecule has 0 aliphatic carbocycles. The molecule has 0 saturated carbocycles. The van der Waals surface area contributed by atoms with Crippen LogP contribution >= 0.6 is 0 Å². The third-order valence-electron chi connectivity index (χ3n) is 4.16. The van der Waals surface area contributed by atoms with Crippen LogP contribution in [0.5, 0.6) is 5.88 Å². The number of aromatic nitrogens is 2. The molecule has 0 spiro atoms. The topological polar surface area (TPSA) is 81.3 Å². The number of primary amides is 1. The van der Waals surface area contributed by atoms with E-state index in [-0.39, 0.29) is 11.8 Å². The smallest absolute Gasteiger partial charge is 0.234 e. The van der Waals surface area contributed by atoms with Crippen molar-refractivity contribution in [3.8, 4) is 5.88 Å². The SMILES string of the molecule is NC(=O)C[C@H]1CCCN(c2cncc(OCc3ccccc3)n2)C1. The van der Waals surface area contributed by atoms with E-state index in [9.17, 15) is 4.79 Å². The molecule has 2 aromatic rings. The summed E-state index contributed by atoms with van der Waals surface area (Å²) in [5.41, 5.74) is 6.41. The lowest BCUT2D eigenvalue weighted by Crippen LogP contribution is -2.37. The minimum absolute atomic E-state index is 0.243. The van der Waals surface area contributed by atoms with Gasteiger partial charge in [0, 0.05) is 19.5 Å². The maximum Gasteiger partial charge on any atom is 0.234 e. The molecule has 0 unspecified atom stereocenters. The van der Waals surface area contributed by atoms with E-state index in [4.69, 9.17) is 10.5 Å². The Balaban J connectivity index is 1.63. The van der Waals surface area contributed by atoms with E-state index >= 15 is 0 Å². The maximum absolute atomic E-state index is 11.1. The van der Waals surface area contributed by atoms with Crippen molar-refractivity contribution in [1.29, 1.82) is 0 Å². The average Bonchev–Trinajstić information content (AvgIpc) is 2.61. The van der Waals surface area contributed by atoms with E-state index in [1.807, 2.05) is 30.3 Å². The molecule has 1 aromatic heterocycles. The summed E-state index contributed by atoms with van der Waals surface area (Å²) in [7, 11) is 0. The number of carbonyl (C=O) groups excluding carboxylic acids is 1. The van der Waals surface area contributed by atoms with Gasteiger partial charge in [-0.05, 0) is 24.3 Å². The van der Waals surface area contributed by atoms with E-state index in [1.54, 1.807) is 12.4 Å². The molecule has 1 atom stereocenters. The second-order valence-electron chi connectivity index (χ2n) is 6.11. The molecule has 1 aromatic carbocycles. The molecule has 1 aliphatic heterocycles. The van der Waals surface area contributed by atoms with Crippen LogP contribution in [0.15, 0.2) is 42.7 Å². The zero-order valence-corrected chi connectivity index (χ0v) is 13.6. The summed E-state index contributed by atoms with van der Waals surface area (Å²) >= 11 is 0. The van der Waals surface area contributed by atoms with E-state index in [2.05, 4.69) is 14.9 Å². The minimum atomic E-state index is -0.243. The summed E-state index contributed by atoms with van der Waals surface area (Å²) in [5, 5.41) is 0. The Morgan fingerprint density at radius 1 is 1.29 bits per heavy atom. The normalized spacial score (nSPS) is 17.5. The van der Waals surface area contributed by atoms with Gasteiger partial charge in [0.15, 0.2) is 5.82 Å². The second-order valence-corrected chi connectivity index (χ2v) is 6.11. The summed E-state index contributed by atoms with van der Waals surface area (Å²) in [4.78, 5) is 22.1. The summed E-state index contributed by atoms with van der Waals surface area (Å²) in [6.07, 6.45) is 5.83. The lowest BCUT2D eigenvalue weighted by atomic mass is 9.94. The third-order valence-corrected chi connectivity index (χ3v) is 4.16. The Labute approximate surface area is 141 Å². The number of rotatable bonds is 6. The largest absolute Gasteiger partial charge is 0.472 e. The number of ether oxygens (including phenoxy) is 1. The number of amides is 1. The zero-order valence-electron chi connectivity index (χ0n) is 13.6. The molecule has 0 radical (unpaired) electrons. The third kappa shape index (κ3) is 4.44. The fraction of sp³-hybridized carbons (Fsp3) is 0.389. The van der Waals surface area contributed by atoms with Crippen LogP contribution in [0.3, 0.4) is 0 Å². The Morgan fingerprint density at radius 3 is 2.92 bits per heavy atom. The van der Waals surface area contributed by atoms with Crippen molar-refractivity contribution in [1.82, 2.24) is 9.97 Å². The first-order valence-corrected chi connectivity index (χ1v) is 8.23. The van der Waals surface area contributed by atoms with Crippen LogP contribution in [0, 0.1) is 5.92 Å². The van der Waals surface area contributed by atoms with Crippen molar-refractivity contribution in [3.63, 3.8) is 0 Å². The van der Waals surface area contributed by atoms with Crippen LogP contribution in [0.25, 0.3) is 0 Å². The molecule has 126 valence electrons. The van der Waals surface area contributed by atoms with Gasteiger partial charge < -0.3 is 15.4 Å². The second kappa shape index (κ2) is 7.77. The predicted octanol–water partition coefficient (Wildman–Crippen LogP) is 2.15. The molecule has 6 heteroatoms. The molecule has 6 nitrogen and oxygen atoms in total. The quantitative estimate of drug-likeness (QED) is 0.879. The number of piperidine rings is 1.